The van der Waals surface area contributed by atoms with E-state index in [4.69, 9.17) is 9.31 Å². The lowest BCUT2D eigenvalue weighted by atomic mass is 9.68. The summed E-state index contributed by atoms with van der Waals surface area (Å²) >= 11 is 0. The highest BCUT2D eigenvalue weighted by molar-refractivity contribution is 6.54. The first-order chi connectivity index (χ1) is 9.99. The highest BCUT2D eigenvalue weighted by atomic mass is 19.1. The number of hydrogen-bond acceptors (Lipinski definition) is 6. The molecule has 6 nitrogen and oxygen atoms in total. The highest BCUT2D eigenvalue weighted by Gasteiger charge is 2.40. The quantitative estimate of drug-likeness (QED) is 0.584. The van der Waals surface area contributed by atoms with Crippen LogP contribution >= 0.6 is 0 Å². The van der Waals surface area contributed by atoms with E-state index in [0.29, 0.717) is 11.8 Å². The number of rotatable bonds is 3. The number of carbonyl (C=O) groups is 3. The van der Waals surface area contributed by atoms with Crippen molar-refractivity contribution in [2.24, 2.45) is 0 Å². The van der Waals surface area contributed by atoms with Gasteiger partial charge in [-0.3, -0.25) is 14.5 Å². The van der Waals surface area contributed by atoms with Gasteiger partial charge in [0.25, 0.3) is 0 Å². The van der Waals surface area contributed by atoms with Crippen LogP contribution in [0, 0.1) is 5.82 Å². The summed E-state index contributed by atoms with van der Waals surface area (Å²) in [6.07, 6.45) is 0.504. The molecule has 0 unspecified atom stereocenters. The summed E-state index contributed by atoms with van der Waals surface area (Å²) in [5.74, 6) is -2.67. The summed E-state index contributed by atoms with van der Waals surface area (Å²) in [6.45, 7) is -0.165. The normalized spacial score (nSPS) is 18.3. The van der Waals surface area contributed by atoms with Crippen LogP contribution in [0.2, 0.25) is 0 Å². The average Bonchev–Trinajstić information content (AvgIpc) is 2.39. The largest absolute Gasteiger partial charge is 0.614 e. The molecule has 1 heterocycles. The Kier molecular flexibility index (Phi) is 4.69. The summed E-state index contributed by atoms with van der Waals surface area (Å²) < 4.78 is 23.0. The topological polar surface area (TPSA) is 72.9 Å². The van der Waals surface area contributed by atoms with Crippen LogP contribution in [0.3, 0.4) is 0 Å². The molecular formula is C13H13BFNO5. The minimum Gasteiger partial charge on any atom is -0.498 e. The molecule has 110 valence electrons. The lowest BCUT2D eigenvalue weighted by Crippen LogP contribution is -2.45. The molecule has 0 amide bonds. The molecule has 21 heavy (non-hydrogen) atoms. The molecule has 0 aromatic heterocycles. The molecule has 1 aliphatic heterocycles. The fourth-order valence-corrected chi connectivity index (χ4v) is 1.99. The maximum absolute atomic E-state index is 12.9. The van der Waals surface area contributed by atoms with E-state index < -0.39 is 30.7 Å². The van der Waals surface area contributed by atoms with Crippen molar-refractivity contribution in [1.29, 1.82) is 0 Å². The molecule has 1 aromatic carbocycles. The zero-order valence-corrected chi connectivity index (χ0v) is 11.3. The maximum atomic E-state index is 12.9. The number of aldehydes is 1. The van der Waals surface area contributed by atoms with Crippen molar-refractivity contribution in [2.75, 3.05) is 20.1 Å². The van der Waals surface area contributed by atoms with Crippen LogP contribution in [0.4, 0.5) is 4.39 Å². The fourth-order valence-electron chi connectivity index (χ4n) is 1.99. The predicted octanol–water partition coefficient (Wildman–Crippen LogP) is 0.167. The second-order valence-corrected chi connectivity index (χ2v) is 4.73. The highest BCUT2D eigenvalue weighted by Crippen LogP contribution is 2.20. The van der Waals surface area contributed by atoms with Crippen molar-refractivity contribution in [1.82, 2.24) is 4.90 Å². The van der Waals surface area contributed by atoms with Crippen molar-refractivity contribution < 1.29 is 28.1 Å². The van der Waals surface area contributed by atoms with Gasteiger partial charge in [0.15, 0.2) is 0 Å². The monoisotopic (exact) mass is 293 g/mol. The molecule has 0 N–H and O–H groups in total. The standard InChI is InChI=1S/C13H13BFNO5/c1-16-6-12(18)20-14(21-13(19)7-16)11(8-17)9-2-4-10(15)5-3-9/h2-5,8,11H,6-7H2,1H3/t11-/m0/s1. The van der Waals surface area contributed by atoms with Crippen LogP contribution in [0.1, 0.15) is 11.4 Å². The third-order valence-electron chi connectivity index (χ3n) is 2.99. The minimum atomic E-state index is -1.35. The molecule has 0 spiro atoms. The van der Waals surface area contributed by atoms with Crippen LogP contribution in [0.5, 0.6) is 0 Å². The first-order valence-electron chi connectivity index (χ1n) is 6.28. The van der Waals surface area contributed by atoms with Gasteiger partial charge in [0.05, 0.1) is 13.1 Å². The SMILES string of the molecule is CN1CC(=O)OB([C@@H](C=O)c2ccc(F)cc2)OC(=O)C1. The Morgan fingerprint density at radius 3 is 2.19 bits per heavy atom. The molecular weight excluding hydrogens is 280 g/mol. The van der Waals surface area contributed by atoms with Crippen LogP contribution < -0.4 is 0 Å². The number of likely N-dealkylation sites (N-methyl/N-ethyl adjacent to an activating group) is 1. The van der Waals surface area contributed by atoms with E-state index in [-0.39, 0.29) is 13.1 Å². The molecule has 1 atom stereocenters. The van der Waals surface area contributed by atoms with E-state index >= 15 is 0 Å². The van der Waals surface area contributed by atoms with Crippen molar-refractivity contribution >= 4 is 25.3 Å². The van der Waals surface area contributed by atoms with E-state index in [2.05, 4.69) is 0 Å². The predicted molar refractivity (Wildman–Crippen MR) is 70.6 cm³/mol. The number of hydrogen-bond donors (Lipinski definition) is 0. The van der Waals surface area contributed by atoms with Crippen LogP contribution in [0.15, 0.2) is 24.3 Å². The number of benzene rings is 1. The second-order valence-electron chi connectivity index (χ2n) is 4.73. The van der Waals surface area contributed by atoms with Crippen molar-refractivity contribution in [2.45, 2.75) is 5.82 Å². The molecule has 0 aliphatic carbocycles. The van der Waals surface area contributed by atoms with Gasteiger partial charge in [0.2, 0.25) is 0 Å². The molecule has 0 bridgehead atoms. The van der Waals surface area contributed by atoms with Gasteiger partial charge in [-0.15, -0.1) is 0 Å². The Morgan fingerprint density at radius 1 is 1.19 bits per heavy atom. The molecule has 0 saturated carbocycles. The van der Waals surface area contributed by atoms with Gasteiger partial charge in [-0.05, 0) is 24.7 Å². The third kappa shape index (κ3) is 3.88. The first kappa shape index (κ1) is 15.2. The smallest absolute Gasteiger partial charge is 0.498 e. The van der Waals surface area contributed by atoms with Crippen molar-refractivity contribution in [3.63, 3.8) is 0 Å². The number of nitrogens with zero attached hydrogens (tertiary/aromatic N) is 1. The summed E-state index contributed by atoms with van der Waals surface area (Å²) in [6, 6.07) is 5.10. The summed E-state index contributed by atoms with van der Waals surface area (Å²) in [5, 5.41) is 0. The Labute approximate surface area is 121 Å². The van der Waals surface area contributed by atoms with Crippen LogP contribution in [-0.4, -0.2) is 50.4 Å². The van der Waals surface area contributed by atoms with E-state index in [1.807, 2.05) is 0 Å². The van der Waals surface area contributed by atoms with Crippen molar-refractivity contribution in [3.05, 3.63) is 35.6 Å². The molecule has 1 saturated heterocycles. The Bertz CT molecular complexity index is 530. The van der Waals surface area contributed by atoms with E-state index in [1.165, 1.54) is 29.2 Å². The number of halogens is 1. The van der Waals surface area contributed by atoms with E-state index in [0.717, 1.165) is 0 Å². The van der Waals surface area contributed by atoms with Gasteiger partial charge in [-0.1, -0.05) is 12.1 Å². The van der Waals surface area contributed by atoms with E-state index in [9.17, 15) is 18.8 Å². The van der Waals surface area contributed by atoms with Crippen molar-refractivity contribution in [3.8, 4) is 0 Å². The second kappa shape index (κ2) is 6.49. The summed E-state index contributed by atoms with van der Waals surface area (Å²) in [5.41, 5.74) is 0.394. The van der Waals surface area contributed by atoms with Crippen LogP contribution in [-0.2, 0) is 23.7 Å². The molecule has 1 fully saturated rings. The minimum absolute atomic E-state index is 0.0827. The molecule has 1 aromatic rings. The first-order valence-corrected chi connectivity index (χ1v) is 6.28. The van der Waals surface area contributed by atoms with Gasteiger partial charge in [-0.25, -0.2) is 4.39 Å². The fraction of sp³-hybridized carbons (Fsp3) is 0.308. The van der Waals surface area contributed by atoms with E-state index in [1.54, 1.807) is 7.05 Å². The van der Waals surface area contributed by atoms with Gasteiger partial charge in [-0.2, -0.15) is 0 Å². The third-order valence-corrected chi connectivity index (χ3v) is 2.99. The lowest BCUT2D eigenvalue weighted by Gasteiger charge is -2.25. The molecule has 0 radical (unpaired) electrons. The molecule has 1 aliphatic rings. The average molecular weight is 293 g/mol. The van der Waals surface area contributed by atoms with Gasteiger partial charge < -0.3 is 14.1 Å². The lowest BCUT2D eigenvalue weighted by molar-refractivity contribution is -0.145. The zero-order chi connectivity index (χ0) is 15.4. The number of carbonyl (C=O) groups excluding carboxylic acids is 3. The molecule has 2 rings (SSSR count). The van der Waals surface area contributed by atoms with Gasteiger partial charge in [0.1, 0.15) is 17.9 Å². The Hall–Kier alpha value is -2.22. The Morgan fingerprint density at radius 2 is 1.71 bits per heavy atom. The van der Waals surface area contributed by atoms with Gasteiger partial charge >= 0.3 is 19.1 Å². The van der Waals surface area contributed by atoms with Crippen LogP contribution in [0.25, 0.3) is 0 Å². The Balaban J connectivity index is 2.22. The summed E-state index contributed by atoms with van der Waals surface area (Å²) in [4.78, 5) is 36.0. The molecule has 8 heteroatoms. The summed E-state index contributed by atoms with van der Waals surface area (Å²) in [7, 11) is 0.224. The zero-order valence-electron chi connectivity index (χ0n) is 11.3. The van der Waals surface area contributed by atoms with Gasteiger partial charge in [0, 0.05) is 0 Å². The maximum Gasteiger partial charge on any atom is 0.614 e.